The van der Waals surface area contributed by atoms with E-state index in [-0.39, 0.29) is 26.1 Å². The predicted octanol–water partition coefficient (Wildman–Crippen LogP) is 3.20. The SMILES string of the molecule is O=C1C(=Cc2ccc(N3CCCCC3)[se]2)C(=O)c2ccccc21. The number of ketones is 2. The average Bonchev–Trinajstić information content (AvgIpc) is 3.16. The van der Waals surface area contributed by atoms with E-state index in [4.69, 9.17) is 0 Å². The van der Waals surface area contributed by atoms with E-state index >= 15 is 0 Å². The Hall–Kier alpha value is -1.90. The Morgan fingerprint density at radius 1 is 0.870 bits per heavy atom. The molecule has 1 fully saturated rings. The molecule has 1 aromatic carbocycles. The van der Waals surface area contributed by atoms with Crippen molar-refractivity contribution in [3.63, 3.8) is 0 Å². The van der Waals surface area contributed by atoms with Gasteiger partial charge in [0.05, 0.1) is 0 Å². The second-order valence-corrected chi connectivity index (χ2v) is 8.28. The molecule has 0 radical (unpaired) electrons. The van der Waals surface area contributed by atoms with E-state index in [1.54, 1.807) is 12.1 Å². The summed E-state index contributed by atoms with van der Waals surface area (Å²) in [4.78, 5) is 27.3. The molecule has 2 aliphatic rings. The molecule has 0 atom stereocenters. The Labute approximate surface area is 141 Å². The Bertz CT molecular complexity index is 775. The van der Waals surface area contributed by atoms with Crippen molar-refractivity contribution >= 4 is 36.7 Å². The summed E-state index contributed by atoms with van der Waals surface area (Å²) in [7, 11) is 0. The van der Waals surface area contributed by atoms with Gasteiger partial charge in [0.15, 0.2) is 0 Å². The fraction of sp³-hybridized carbons (Fsp3) is 0.263. The summed E-state index contributed by atoms with van der Waals surface area (Å²) in [5, 5.41) is 0. The van der Waals surface area contributed by atoms with Crippen LogP contribution in [0.4, 0.5) is 4.56 Å². The molecule has 1 aliphatic carbocycles. The molecule has 116 valence electrons. The molecule has 2 aromatic rings. The molecule has 4 heteroatoms. The van der Waals surface area contributed by atoms with E-state index in [0.29, 0.717) is 16.7 Å². The van der Waals surface area contributed by atoms with E-state index in [9.17, 15) is 9.59 Å². The summed E-state index contributed by atoms with van der Waals surface area (Å²) in [5.41, 5.74) is 1.41. The van der Waals surface area contributed by atoms with Gasteiger partial charge in [0.2, 0.25) is 0 Å². The number of anilines is 1. The number of rotatable bonds is 2. The van der Waals surface area contributed by atoms with Gasteiger partial charge >= 0.3 is 141 Å². The molecule has 3 nitrogen and oxygen atoms in total. The van der Waals surface area contributed by atoms with Gasteiger partial charge in [-0.1, -0.05) is 0 Å². The van der Waals surface area contributed by atoms with Crippen molar-refractivity contribution in [2.45, 2.75) is 19.3 Å². The quantitative estimate of drug-likeness (QED) is 0.463. The third-order valence-corrected chi connectivity index (χ3v) is 6.77. The van der Waals surface area contributed by atoms with Gasteiger partial charge in [-0.2, -0.15) is 0 Å². The van der Waals surface area contributed by atoms with E-state index < -0.39 is 0 Å². The number of nitrogens with zero attached hydrogens (tertiary/aromatic N) is 1. The van der Waals surface area contributed by atoms with Crippen molar-refractivity contribution in [3.05, 3.63) is 57.5 Å². The molecular weight excluding hydrogens is 353 g/mol. The first-order valence-corrected chi connectivity index (χ1v) is 9.70. The van der Waals surface area contributed by atoms with Crippen LogP contribution >= 0.6 is 0 Å². The summed E-state index contributed by atoms with van der Waals surface area (Å²) in [6.45, 7) is 2.27. The van der Waals surface area contributed by atoms with Crippen molar-refractivity contribution in [1.29, 1.82) is 0 Å². The second kappa shape index (κ2) is 5.95. The van der Waals surface area contributed by atoms with Crippen LogP contribution < -0.4 is 4.90 Å². The zero-order valence-electron chi connectivity index (χ0n) is 12.7. The minimum absolute atomic E-state index is 0.131. The number of hydrogen-bond donors (Lipinski definition) is 0. The maximum absolute atomic E-state index is 12.4. The van der Waals surface area contributed by atoms with Gasteiger partial charge in [0.25, 0.3) is 0 Å². The topological polar surface area (TPSA) is 37.4 Å². The summed E-state index contributed by atoms with van der Waals surface area (Å²) < 4.78 is 2.49. The third-order valence-electron chi connectivity index (χ3n) is 4.47. The van der Waals surface area contributed by atoms with Crippen LogP contribution in [0.3, 0.4) is 0 Å². The van der Waals surface area contributed by atoms with Gasteiger partial charge in [-0.25, -0.2) is 0 Å². The first-order valence-electron chi connectivity index (χ1n) is 7.99. The summed E-state index contributed by atoms with van der Waals surface area (Å²) in [6.07, 6.45) is 5.66. The molecule has 0 amide bonds. The van der Waals surface area contributed by atoms with Gasteiger partial charge < -0.3 is 0 Å². The van der Waals surface area contributed by atoms with Crippen LogP contribution in [0.25, 0.3) is 6.08 Å². The van der Waals surface area contributed by atoms with Crippen molar-refractivity contribution in [2.75, 3.05) is 18.0 Å². The van der Waals surface area contributed by atoms with Crippen molar-refractivity contribution < 1.29 is 9.59 Å². The molecule has 23 heavy (non-hydrogen) atoms. The zero-order chi connectivity index (χ0) is 15.8. The molecular formula is C19H17NO2Se. The average molecular weight is 370 g/mol. The predicted molar refractivity (Wildman–Crippen MR) is 92.5 cm³/mol. The van der Waals surface area contributed by atoms with Crippen molar-refractivity contribution in [1.82, 2.24) is 0 Å². The number of carbonyl (C=O) groups is 2. The minimum atomic E-state index is -0.131. The summed E-state index contributed by atoms with van der Waals surface area (Å²) in [6, 6.07) is 11.3. The number of allylic oxidation sites excluding steroid dienone is 1. The van der Waals surface area contributed by atoms with Crippen LogP contribution in [-0.4, -0.2) is 39.2 Å². The molecule has 4 rings (SSSR count). The van der Waals surface area contributed by atoms with E-state index in [1.165, 1.54) is 23.8 Å². The molecule has 1 saturated heterocycles. The molecule has 0 bridgehead atoms. The van der Waals surface area contributed by atoms with E-state index in [0.717, 1.165) is 17.5 Å². The van der Waals surface area contributed by atoms with E-state index in [2.05, 4.69) is 17.0 Å². The van der Waals surface area contributed by atoms with Crippen LogP contribution in [0.5, 0.6) is 0 Å². The van der Waals surface area contributed by atoms with Crippen LogP contribution in [0, 0.1) is 0 Å². The summed E-state index contributed by atoms with van der Waals surface area (Å²) in [5.74, 6) is -0.262. The second-order valence-electron chi connectivity index (χ2n) is 5.99. The molecule has 0 saturated carbocycles. The standard InChI is InChI=1S/C19H17NO2Se/c21-18-14-6-2-3-7-15(14)19(22)16(18)12-13-8-9-17(23-13)20-10-4-1-5-11-20/h2-3,6-9,12H,1,4-5,10-11H2. The molecule has 0 spiro atoms. The fourth-order valence-electron chi connectivity index (χ4n) is 3.25. The molecule has 1 aromatic heterocycles. The summed E-state index contributed by atoms with van der Waals surface area (Å²) >= 11 is 0.194. The van der Waals surface area contributed by atoms with Crippen LogP contribution in [0.2, 0.25) is 0 Å². The Balaban J connectivity index is 1.63. The molecule has 0 unspecified atom stereocenters. The maximum atomic E-state index is 12.4. The Morgan fingerprint density at radius 2 is 1.52 bits per heavy atom. The van der Waals surface area contributed by atoms with Crippen molar-refractivity contribution in [3.8, 4) is 0 Å². The number of benzene rings is 1. The number of fused-ring (bicyclic) bond motifs is 1. The number of hydrogen-bond acceptors (Lipinski definition) is 3. The van der Waals surface area contributed by atoms with Gasteiger partial charge in [-0.05, 0) is 0 Å². The molecule has 0 N–H and O–H groups in total. The van der Waals surface area contributed by atoms with Crippen LogP contribution in [0.15, 0.2) is 42.0 Å². The number of piperidine rings is 1. The zero-order valence-corrected chi connectivity index (χ0v) is 14.5. The first kappa shape index (κ1) is 14.7. The normalized spacial score (nSPS) is 17.6. The Kier molecular flexibility index (Phi) is 3.80. The van der Waals surface area contributed by atoms with Gasteiger partial charge in [0.1, 0.15) is 0 Å². The van der Waals surface area contributed by atoms with Crippen molar-refractivity contribution in [2.24, 2.45) is 0 Å². The third kappa shape index (κ3) is 2.62. The molecule has 2 heterocycles. The molecule has 1 aliphatic heterocycles. The number of Topliss-reactive ketones (excluding diaryl/α,β-unsaturated/α-hetero) is 2. The van der Waals surface area contributed by atoms with Crippen LogP contribution in [0.1, 0.15) is 44.4 Å². The first-order chi connectivity index (χ1) is 11.2. The van der Waals surface area contributed by atoms with Gasteiger partial charge in [-0.3, -0.25) is 0 Å². The van der Waals surface area contributed by atoms with Crippen LogP contribution in [-0.2, 0) is 0 Å². The Morgan fingerprint density at radius 3 is 2.17 bits per heavy atom. The fourth-order valence-corrected chi connectivity index (χ4v) is 5.35. The van der Waals surface area contributed by atoms with Gasteiger partial charge in [-0.15, -0.1) is 0 Å². The van der Waals surface area contributed by atoms with E-state index in [1.807, 2.05) is 18.2 Å². The number of carbonyl (C=O) groups excluding carboxylic acids is 2. The van der Waals surface area contributed by atoms with Gasteiger partial charge in [0, 0.05) is 0 Å². The monoisotopic (exact) mass is 371 g/mol.